The third-order valence-corrected chi connectivity index (χ3v) is 10.9. The molecule has 1 aliphatic rings. The van der Waals surface area contributed by atoms with Crippen molar-refractivity contribution in [2.45, 2.75) is 56.9 Å². The highest BCUT2D eigenvalue weighted by atomic mass is 32.2. The van der Waals surface area contributed by atoms with Crippen LogP contribution in [0.25, 0.3) is 0 Å². The molecule has 174 valence electrons. The lowest BCUT2D eigenvalue weighted by Crippen LogP contribution is -2.24. The molecule has 0 amide bonds. The maximum Gasteiger partial charge on any atom is 0.229 e. The van der Waals surface area contributed by atoms with Gasteiger partial charge in [0.15, 0.2) is 24.5 Å². The molecule has 1 atom stereocenters. The molecular formula is C25H28NO4S3+. The van der Waals surface area contributed by atoms with Crippen LogP contribution < -0.4 is 4.72 Å². The Morgan fingerprint density at radius 1 is 0.727 bits per heavy atom. The fourth-order valence-corrected chi connectivity index (χ4v) is 8.88. The van der Waals surface area contributed by atoms with Crippen molar-refractivity contribution in [2.75, 3.05) is 11.0 Å². The number of sulfonamides is 1. The molecule has 1 unspecified atom stereocenters. The summed E-state index contributed by atoms with van der Waals surface area (Å²) in [6, 6.07) is 24.3. The molecule has 0 aliphatic heterocycles. The highest BCUT2D eigenvalue weighted by Gasteiger charge is 2.33. The van der Waals surface area contributed by atoms with Crippen molar-refractivity contribution in [2.24, 2.45) is 0 Å². The van der Waals surface area contributed by atoms with E-state index in [1.807, 2.05) is 54.6 Å². The molecule has 3 aromatic rings. The zero-order valence-electron chi connectivity index (χ0n) is 18.5. The number of hydrogen-bond acceptors (Lipinski definition) is 4. The van der Waals surface area contributed by atoms with E-state index >= 15 is 0 Å². The van der Waals surface area contributed by atoms with E-state index in [0.29, 0.717) is 10.6 Å². The standard InChI is InChI=1S/C25H28NO4S3/c1-32(27,28)26-24-14-8-9-15-25(24)31(20-10-4-2-5-11-20)21-16-18-23(19-17-21)33(29,30)22-12-6-3-7-13-22/h2,4-5,8-11,14-19,22,26H,3,6-7,12-13H2,1H3/q+1. The van der Waals surface area contributed by atoms with Crippen LogP contribution in [0.5, 0.6) is 0 Å². The second kappa shape index (κ2) is 9.91. The van der Waals surface area contributed by atoms with E-state index in [9.17, 15) is 16.8 Å². The van der Waals surface area contributed by atoms with Gasteiger partial charge in [-0.2, -0.15) is 0 Å². The average Bonchev–Trinajstić information content (AvgIpc) is 2.81. The Bertz CT molecular complexity index is 1300. The van der Waals surface area contributed by atoms with Gasteiger partial charge in [-0.3, -0.25) is 4.72 Å². The average molecular weight is 503 g/mol. The Kier molecular flexibility index (Phi) is 7.16. The van der Waals surface area contributed by atoms with Crippen molar-refractivity contribution in [1.82, 2.24) is 0 Å². The van der Waals surface area contributed by atoms with Gasteiger partial charge in [-0.25, -0.2) is 16.8 Å². The molecule has 0 saturated heterocycles. The molecule has 1 N–H and O–H groups in total. The van der Waals surface area contributed by atoms with Crippen LogP contribution in [0.1, 0.15) is 32.1 Å². The van der Waals surface area contributed by atoms with Gasteiger partial charge in [-0.15, -0.1) is 0 Å². The van der Waals surface area contributed by atoms with E-state index in [1.165, 1.54) is 0 Å². The minimum Gasteiger partial charge on any atom is -0.279 e. The summed E-state index contributed by atoms with van der Waals surface area (Å²) in [5, 5.41) is -0.302. The molecule has 0 heterocycles. The van der Waals surface area contributed by atoms with Crippen LogP contribution in [0.15, 0.2) is 98.4 Å². The summed E-state index contributed by atoms with van der Waals surface area (Å²) in [4.78, 5) is 3.13. The molecule has 1 fully saturated rings. The Labute approximate surface area is 199 Å². The molecule has 33 heavy (non-hydrogen) atoms. The SMILES string of the molecule is CS(=O)(=O)Nc1ccccc1[S+](c1ccccc1)c1ccc(S(=O)(=O)C2CCCCC2)cc1. The van der Waals surface area contributed by atoms with Crippen molar-refractivity contribution in [3.05, 3.63) is 78.9 Å². The zero-order chi connectivity index (χ0) is 23.5. The summed E-state index contributed by atoms with van der Waals surface area (Å²) >= 11 is 0. The predicted molar refractivity (Wildman–Crippen MR) is 134 cm³/mol. The first kappa shape index (κ1) is 23.9. The van der Waals surface area contributed by atoms with Gasteiger partial charge in [-0.1, -0.05) is 49.6 Å². The van der Waals surface area contributed by atoms with Crippen LogP contribution in [0.4, 0.5) is 5.69 Å². The minimum absolute atomic E-state index is 0.302. The summed E-state index contributed by atoms with van der Waals surface area (Å²) in [5.74, 6) is 0. The van der Waals surface area contributed by atoms with Crippen molar-refractivity contribution in [3.63, 3.8) is 0 Å². The van der Waals surface area contributed by atoms with Crippen LogP contribution in [-0.2, 0) is 30.8 Å². The van der Waals surface area contributed by atoms with E-state index in [0.717, 1.165) is 53.0 Å². The van der Waals surface area contributed by atoms with E-state index in [2.05, 4.69) is 4.72 Å². The maximum atomic E-state index is 13.1. The van der Waals surface area contributed by atoms with Crippen LogP contribution >= 0.6 is 0 Å². The normalized spacial score (nSPS) is 16.3. The lowest BCUT2D eigenvalue weighted by Gasteiger charge is -2.21. The molecule has 8 heteroatoms. The van der Waals surface area contributed by atoms with Gasteiger partial charge < -0.3 is 0 Å². The second-order valence-electron chi connectivity index (χ2n) is 8.27. The maximum absolute atomic E-state index is 13.1. The number of benzene rings is 3. The Hall–Kier alpha value is -2.29. The summed E-state index contributed by atoms with van der Waals surface area (Å²) in [6.07, 6.45) is 5.61. The Balaban J connectivity index is 1.76. The molecule has 5 nitrogen and oxygen atoms in total. The first-order valence-electron chi connectivity index (χ1n) is 11.0. The third-order valence-electron chi connectivity index (χ3n) is 5.76. The van der Waals surface area contributed by atoms with E-state index in [4.69, 9.17) is 0 Å². The van der Waals surface area contributed by atoms with E-state index in [-0.39, 0.29) is 5.25 Å². The topological polar surface area (TPSA) is 80.3 Å². The monoisotopic (exact) mass is 502 g/mol. The molecule has 0 aromatic heterocycles. The van der Waals surface area contributed by atoms with Crippen molar-refractivity contribution in [1.29, 1.82) is 0 Å². The van der Waals surface area contributed by atoms with Crippen LogP contribution in [-0.4, -0.2) is 28.3 Å². The largest absolute Gasteiger partial charge is 0.279 e. The third kappa shape index (κ3) is 5.62. The van der Waals surface area contributed by atoms with Crippen LogP contribution in [0.2, 0.25) is 0 Å². The zero-order valence-corrected chi connectivity index (χ0v) is 20.9. The number of para-hydroxylation sites is 1. The lowest BCUT2D eigenvalue weighted by atomic mass is 10.0. The molecule has 0 bridgehead atoms. The number of anilines is 1. The number of nitrogens with one attached hydrogen (secondary N) is 1. The van der Waals surface area contributed by atoms with Gasteiger partial charge in [0.2, 0.25) is 10.0 Å². The Morgan fingerprint density at radius 2 is 1.30 bits per heavy atom. The van der Waals surface area contributed by atoms with Crippen molar-refractivity contribution in [3.8, 4) is 0 Å². The number of hydrogen-bond donors (Lipinski definition) is 1. The highest BCUT2D eigenvalue weighted by Crippen LogP contribution is 2.37. The highest BCUT2D eigenvalue weighted by molar-refractivity contribution is 7.97. The fraction of sp³-hybridized carbons (Fsp3) is 0.280. The van der Waals surface area contributed by atoms with Crippen LogP contribution in [0.3, 0.4) is 0 Å². The second-order valence-corrected chi connectivity index (χ2v) is 14.2. The van der Waals surface area contributed by atoms with Gasteiger partial charge in [-0.05, 0) is 61.4 Å². The van der Waals surface area contributed by atoms with Crippen molar-refractivity contribution < 1.29 is 16.8 Å². The minimum atomic E-state index is -3.46. The summed E-state index contributed by atoms with van der Waals surface area (Å²) in [5.41, 5.74) is 0.520. The van der Waals surface area contributed by atoms with E-state index in [1.54, 1.807) is 24.3 Å². The lowest BCUT2D eigenvalue weighted by molar-refractivity contribution is 0.483. The summed E-state index contributed by atoms with van der Waals surface area (Å²) < 4.78 is 52.9. The fourth-order valence-electron chi connectivity index (χ4n) is 4.21. The molecule has 1 saturated carbocycles. The molecule has 0 radical (unpaired) electrons. The quantitative estimate of drug-likeness (QED) is 0.447. The summed E-state index contributed by atoms with van der Waals surface area (Å²) in [6.45, 7) is 0. The van der Waals surface area contributed by atoms with Gasteiger partial charge in [0.1, 0.15) is 16.6 Å². The molecule has 1 aliphatic carbocycles. The molecular weight excluding hydrogens is 474 g/mol. The smallest absolute Gasteiger partial charge is 0.229 e. The number of rotatable bonds is 7. The van der Waals surface area contributed by atoms with E-state index < -0.39 is 30.8 Å². The molecule has 3 aromatic carbocycles. The van der Waals surface area contributed by atoms with Gasteiger partial charge in [0, 0.05) is 0 Å². The van der Waals surface area contributed by atoms with Gasteiger partial charge in [0.05, 0.1) is 16.4 Å². The van der Waals surface area contributed by atoms with Gasteiger partial charge in [0.25, 0.3) is 0 Å². The first-order chi connectivity index (χ1) is 15.8. The molecule has 0 spiro atoms. The summed E-state index contributed by atoms with van der Waals surface area (Å²) in [7, 11) is -7.44. The van der Waals surface area contributed by atoms with Crippen LogP contribution in [0, 0.1) is 0 Å². The van der Waals surface area contributed by atoms with Crippen molar-refractivity contribution >= 4 is 36.4 Å². The van der Waals surface area contributed by atoms with Gasteiger partial charge >= 0.3 is 0 Å². The predicted octanol–water partition coefficient (Wildman–Crippen LogP) is 5.26. The first-order valence-corrected chi connectivity index (χ1v) is 15.6. The number of sulfone groups is 1. The molecule has 4 rings (SSSR count). The Morgan fingerprint density at radius 3 is 1.94 bits per heavy atom.